The van der Waals surface area contributed by atoms with Crippen LogP contribution in [0.25, 0.3) is 5.69 Å². The molecule has 2 unspecified atom stereocenters. The van der Waals surface area contributed by atoms with Crippen molar-refractivity contribution in [3.8, 4) is 5.69 Å². The first-order valence-electron chi connectivity index (χ1n) is 11.1. The maximum absolute atomic E-state index is 4.96. The molecule has 7 heteroatoms. The summed E-state index contributed by atoms with van der Waals surface area (Å²) in [6, 6.07) is 11.8. The number of guanidine groups is 1. The molecule has 0 bridgehead atoms. The fraction of sp³-hybridized carbons (Fsp3) is 0.565. The molecule has 2 heterocycles. The van der Waals surface area contributed by atoms with Gasteiger partial charge in [-0.15, -0.1) is 24.0 Å². The normalized spacial score (nSPS) is 23.9. The Hall–Kier alpha value is -1.61. The van der Waals surface area contributed by atoms with Crippen molar-refractivity contribution in [1.29, 1.82) is 0 Å². The Balaban J connectivity index is 0.00000218. The molecule has 1 saturated heterocycles. The second kappa shape index (κ2) is 9.26. The summed E-state index contributed by atoms with van der Waals surface area (Å²) in [6.07, 6.45) is 6.21. The molecule has 0 amide bonds. The number of nitrogens with one attached hydrogen (secondary N) is 2. The van der Waals surface area contributed by atoms with Crippen LogP contribution in [0.4, 0.5) is 0 Å². The molecule has 0 radical (unpaired) electrons. The van der Waals surface area contributed by atoms with Crippen molar-refractivity contribution in [3.63, 3.8) is 0 Å². The Kier molecular flexibility index (Phi) is 6.67. The Morgan fingerprint density at radius 1 is 1.17 bits per heavy atom. The van der Waals surface area contributed by atoms with Gasteiger partial charge in [-0.2, -0.15) is 5.10 Å². The third kappa shape index (κ3) is 4.37. The van der Waals surface area contributed by atoms with E-state index in [4.69, 9.17) is 5.10 Å². The molecule has 2 aromatic rings. The summed E-state index contributed by atoms with van der Waals surface area (Å²) in [5, 5.41) is 12.2. The van der Waals surface area contributed by atoms with Crippen LogP contribution in [0.2, 0.25) is 0 Å². The van der Waals surface area contributed by atoms with Crippen molar-refractivity contribution in [1.82, 2.24) is 25.3 Å². The Bertz CT molecular complexity index is 889. The fourth-order valence-electron chi connectivity index (χ4n) is 4.91. The highest BCUT2D eigenvalue weighted by atomic mass is 127. The molecule has 2 fully saturated rings. The minimum Gasteiger partial charge on any atom is -0.352 e. The zero-order valence-corrected chi connectivity index (χ0v) is 20.3. The molecule has 5 rings (SSSR count). The summed E-state index contributed by atoms with van der Waals surface area (Å²) in [5.74, 6) is 1.54. The van der Waals surface area contributed by atoms with Gasteiger partial charge >= 0.3 is 0 Å². The molecule has 1 aliphatic heterocycles. The van der Waals surface area contributed by atoms with Gasteiger partial charge in [0.15, 0.2) is 5.96 Å². The van der Waals surface area contributed by atoms with Crippen LogP contribution < -0.4 is 10.6 Å². The molecule has 30 heavy (non-hydrogen) atoms. The van der Waals surface area contributed by atoms with Gasteiger partial charge in [-0.25, -0.2) is 4.68 Å². The van der Waals surface area contributed by atoms with Gasteiger partial charge in [0.1, 0.15) is 0 Å². The van der Waals surface area contributed by atoms with Gasteiger partial charge in [0.25, 0.3) is 0 Å². The summed E-state index contributed by atoms with van der Waals surface area (Å²) in [4.78, 5) is 7.13. The van der Waals surface area contributed by atoms with Crippen LogP contribution in [0.15, 0.2) is 35.3 Å². The molecule has 1 saturated carbocycles. The lowest BCUT2D eigenvalue weighted by Crippen LogP contribution is -2.46. The zero-order valence-electron chi connectivity index (χ0n) is 18.0. The van der Waals surface area contributed by atoms with Crippen LogP contribution in [0.3, 0.4) is 0 Å². The van der Waals surface area contributed by atoms with E-state index in [1.54, 1.807) is 0 Å². The number of halogens is 1. The van der Waals surface area contributed by atoms with Crippen molar-refractivity contribution in [2.24, 2.45) is 10.9 Å². The van der Waals surface area contributed by atoms with Crippen molar-refractivity contribution < 1.29 is 0 Å². The molecule has 3 aliphatic rings. The predicted molar refractivity (Wildman–Crippen MR) is 132 cm³/mol. The minimum atomic E-state index is 0. The number of hydrogen-bond donors (Lipinski definition) is 2. The molecular formula is C23H33IN6. The molecule has 2 atom stereocenters. The molecule has 2 N–H and O–H groups in total. The summed E-state index contributed by atoms with van der Waals surface area (Å²) >= 11 is 0. The molecule has 6 nitrogen and oxygen atoms in total. The number of nitrogens with zero attached hydrogens (tertiary/aromatic N) is 4. The maximum Gasteiger partial charge on any atom is 0.191 e. The van der Waals surface area contributed by atoms with Crippen molar-refractivity contribution in [2.75, 3.05) is 20.1 Å². The Labute approximate surface area is 196 Å². The highest BCUT2D eigenvalue weighted by molar-refractivity contribution is 14.0. The van der Waals surface area contributed by atoms with Gasteiger partial charge in [0.05, 0.1) is 17.9 Å². The number of likely N-dealkylation sites (tertiary alicyclic amines) is 1. The number of rotatable bonds is 5. The average Bonchev–Trinajstić information content (AvgIpc) is 3.22. The number of aliphatic imine (C=N–C) groups is 1. The van der Waals surface area contributed by atoms with Gasteiger partial charge in [0, 0.05) is 37.9 Å². The number of benzene rings is 1. The van der Waals surface area contributed by atoms with Crippen molar-refractivity contribution >= 4 is 29.9 Å². The first kappa shape index (κ1) is 21.6. The van der Waals surface area contributed by atoms with Crippen LogP contribution in [0.1, 0.15) is 43.1 Å². The summed E-state index contributed by atoms with van der Waals surface area (Å²) in [6.45, 7) is 5.40. The number of fused-ring (bicyclic) bond motifs is 1. The quantitative estimate of drug-likeness (QED) is 0.362. The summed E-state index contributed by atoms with van der Waals surface area (Å²) in [5.41, 5.74) is 5.11. The molecule has 1 aromatic carbocycles. The van der Waals surface area contributed by atoms with E-state index in [1.165, 1.54) is 37.1 Å². The van der Waals surface area contributed by atoms with E-state index in [2.05, 4.69) is 62.5 Å². The smallest absolute Gasteiger partial charge is 0.191 e. The lowest BCUT2D eigenvalue weighted by atomic mass is 10.1. The van der Waals surface area contributed by atoms with Gasteiger partial charge in [-0.3, -0.25) is 9.89 Å². The van der Waals surface area contributed by atoms with E-state index in [9.17, 15) is 0 Å². The Morgan fingerprint density at radius 3 is 2.70 bits per heavy atom. The number of aromatic nitrogens is 2. The molecule has 2 aliphatic carbocycles. The third-order valence-corrected chi connectivity index (χ3v) is 6.69. The van der Waals surface area contributed by atoms with Crippen LogP contribution >= 0.6 is 24.0 Å². The van der Waals surface area contributed by atoms with Crippen LogP contribution in [-0.4, -0.2) is 52.9 Å². The van der Waals surface area contributed by atoms with Gasteiger partial charge in [0.2, 0.25) is 0 Å². The van der Waals surface area contributed by atoms with E-state index in [-0.39, 0.29) is 24.0 Å². The number of para-hydroxylation sites is 1. The molecule has 162 valence electrons. The minimum absolute atomic E-state index is 0. The number of hydrogen-bond acceptors (Lipinski definition) is 3. The van der Waals surface area contributed by atoms with E-state index >= 15 is 0 Å². The standard InChI is InChI=1S/C23H32N6.HI/c1-16-14-28(17-11-12-17)15-21(16)26-23(24-2)25-13-20-19-9-6-10-22(19)29(27-20)18-7-4-3-5-8-18;/h3-5,7-8,16-17,21H,6,9-15H2,1-2H3,(H2,24,25,26);1H. The van der Waals surface area contributed by atoms with Crippen molar-refractivity contribution in [3.05, 3.63) is 47.3 Å². The first-order valence-corrected chi connectivity index (χ1v) is 11.1. The lowest BCUT2D eigenvalue weighted by molar-refractivity contribution is 0.315. The van der Waals surface area contributed by atoms with E-state index < -0.39 is 0 Å². The highest BCUT2D eigenvalue weighted by Gasteiger charge is 2.38. The van der Waals surface area contributed by atoms with Crippen LogP contribution in [0, 0.1) is 5.92 Å². The van der Waals surface area contributed by atoms with Crippen LogP contribution in [-0.2, 0) is 19.4 Å². The lowest BCUT2D eigenvalue weighted by Gasteiger charge is -2.20. The summed E-state index contributed by atoms with van der Waals surface area (Å²) in [7, 11) is 1.86. The van der Waals surface area contributed by atoms with E-state index in [0.29, 0.717) is 12.0 Å². The van der Waals surface area contributed by atoms with Crippen LogP contribution in [0.5, 0.6) is 0 Å². The molecular weight excluding hydrogens is 487 g/mol. The van der Waals surface area contributed by atoms with Gasteiger partial charge in [-0.05, 0) is 55.7 Å². The second-order valence-electron chi connectivity index (χ2n) is 8.81. The van der Waals surface area contributed by atoms with Gasteiger partial charge < -0.3 is 10.6 Å². The first-order chi connectivity index (χ1) is 14.2. The summed E-state index contributed by atoms with van der Waals surface area (Å²) < 4.78 is 2.14. The van der Waals surface area contributed by atoms with Gasteiger partial charge in [-0.1, -0.05) is 25.1 Å². The SMILES string of the molecule is CN=C(NCc1nn(-c2ccccc2)c2c1CCC2)NC1CN(C2CC2)CC1C.I. The molecule has 1 aromatic heterocycles. The maximum atomic E-state index is 4.96. The van der Waals surface area contributed by atoms with E-state index in [1.807, 2.05) is 7.05 Å². The second-order valence-corrected chi connectivity index (χ2v) is 8.81. The van der Waals surface area contributed by atoms with E-state index in [0.717, 1.165) is 49.3 Å². The third-order valence-electron chi connectivity index (χ3n) is 6.69. The largest absolute Gasteiger partial charge is 0.352 e. The molecule has 0 spiro atoms. The monoisotopic (exact) mass is 520 g/mol. The average molecular weight is 520 g/mol. The highest BCUT2D eigenvalue weighted by Crippen LogP contribution is 2.32. The Morgan fingerprint density at radius 2 is 1.97 bits per heavy atom. The predicted octanol–water partition coefficient (Wildman–Crippen LogP) is 3.13. The topological polar surface area (TPSA) is 57.5 Å². The van der Waals surface area contributed by atoms with Crippen molar-refractivity contribution in [2.45, 2.75) is 57.7 Å². The fourth-order valence-corrected chi connectivity index (χ4v) is 4.91. The zero-order chi connectivity index (χ0) is 19.8.